The van der Waals surface area contributed by atoms with E-state index in [9.17, 15) is 8.42 Å². The second-order valence-electron chi connectivity index (χ2n) is 5.16. The Hall–Kier alpha value is -0.540. The van der Waals surface area contributed by atoms with Crippen LogP contribution < -0.4 is 5.73 Å². The normalized spacial score (nSPS) is 20.6. The van der Waals surface area contributed by atoms with Crippen LogP contribution in [-0.4, -0.2) is 55.8 Å². The molecule has 0 amide bonds. The monoisotopic (exact) mass is 333 g/mol. The Balaban J connectivity index is 2.26. The van der Waals surface area contributed by atoms with E-state index in [1.165, 1.54) is 0 Å². The zero-order valence-corrected chi connectivity index (χ0v) is 14.0. The molecular weight excluding hydrogens is 314 g/mol. The van der Waals surface area contributed by atoms with E-state index in [0.717, 1.165) is 30.7 Å². The lowest BCUT2D eigenvalue weighted by atomic mass is 10.2. The van der Waals surface area contributed by atoms with Crippen LogP contribution in [0.2, 0.25) is 0 Å². The van der Waals surface area contributed by atoms with Crippen LogP contribution in [0.15, 0.2) is 16.3 Å². The van der Waals surface area contributed by atoms with Gasteiger partial charge in [0.05, 0.1) is 4.88 Å². The molecule has 0 bridgehead atoms. The number of hydrogen-bond acceptors (Lipinski definition) is 5. The molecule has 1 aromatic rings. The molecule has 1 fully saturated rings. The van der Waals surface area contributed by atoms with E-state index in [0.29, 0.717) is 15.6 Å². The molecule has 20 heavy (non-hydrogen) atoms. The Kier molecular flexibility index (Phi) is 4.80. The molecule has 1 unspecified atom stereocenters. The molecule has 2 rings (SSSR count). The standard InChI is InChI=1S/C12H19N3O2S3/c1-14(2)8-9-4-3-7-15(9)20(16,17)11-6-5-10(19-11)12(13)18/h5-6,9H,3-4,7-8H2,1-2H3,(H2,13,18). The van der Waals surface area contributed by atoms with Crippen LogP contribution in [-0.2, 0) is 10.0 Å². The molecule has 112 valence electrons. The van der Waals surface area contributed by atoms with Crippen molar-refractivity contribution in [3.63, 3.8) is 0 Å². The van der Waals surface area contributed by atoms with Crippen LogP contribution in [0.4, 0.5) is 0 Å². The van der Waals surface area contributed by atoms with E-state index in [1.807, 2.05) is 19.0 Å². The number of rotatable bonds is 5. The van der Waals surface area contributed by atoms with Crippen LogP contribution in [0.1, 0.15) is 17.7 Å². The number of nitrogens with two attached hydrogens (primary N) is 1. The van der Waals surface area contributed by atoms with E-state index < -0.39 is 10.0 Å². The molecule has 1 aromatic heterocycles. The van der Waals surface area contributed by atoms with Gasteiger partial charge in [0.15, 0.2) is 0 Å². The number of nitrogens with zero attached hydrogens (tertiary/aromatic N) is 2. The topological polar surface area (TPSA) is 66.6 Å². The lowest BCUT2D eigenvalue weighted by molar-refractivity contribution is 0.291. The second kappa shape index (κ2) is 6.07. The van der Waals surface area contributed by atoms with Crippen molar-refractivity contribution < 1.29 is 8.42 Å². The summed E-state index contributed by atoms with van der Waals surface area (Å²) in [6, 6.07) is 3.32. The van der Waals surface area contributed by atoms with Gasteiger partial charge in [0.1, 0.15) is 9.20 Å². The average Bonchev–Trinajstić information content (AvgIpc) is 2.95. The molecule has 0 spiro atoms. The Morgan fingerprint density at radius 2 is 2.25 bits per heavy atom. The van der Waals surface area contributed by atoms with Crippen molar-refractivity contribution in [2.75, 3.05) is 27.2 Å². The summed E-state index contributed by atoms with van der Waals surface area (Å²) in [4.78, 5) is 2.90. The van der Waals surface area contributed by atoms with Gasteiger partial charge in [0.25, 0.3) is 10.0 Å². The van der Waals surface area contributed by atoms with Gasteiger partial charge in [-0.15, -0.1) is 11.3 Å². The minimum atomic E-state index is -3.44. The summed E-state index contributed by atoms with van der Waals surface area (Å²) < 4.78 is 27.3. The van der Waals surface area contributed by atoms with Gasteiger partial charge in [-0.1, -0.05) is 12.2 Å². The zero-order chi connectivity index (χ0) is 14.9. The molecule has 2 N–H and O–H groups in total. The highest BCUT2D eigenvalue weighted by Crippen LogP contribution is 2.30. The maximum atomic E-state index is 12.7. The summed E-state index contributed by atoms with van der Waals surface area (Å²) in [7, 11) is 0.479. The Morgan fingerprint density at radius 3 is 2.80 bits per heavy atom. The van der Waals surface area contributed by atoms with Crippen molar-refractivity contribution >= 4 is 38.6 Å². The molecular formula is C12H19N3O2S3. The number of thiocarbonyl (C=S) groups is 1. The van der Waals surface area contributed by atoms with Crippen molar-refractivity contribution in [2.24, 2.45) is 5.73 Å². The van der Waals surface area contributed by atoms with Crippen molar-refractivity contribution in [2.45, 2.75) is 23.1 Å². The summed E-state index contributed by atoms with van der Waals surface area (Å²) >= 11 is 6.03. The number of hydrogen-bond donors (Lipinski definition) is 1. The van der Waals surface area contributed by atoms with Gasteiger partial charge in [-0.2, -0.15) is 4.31 Å². The number of sulfonamides is 1. The van der Waals surface area contributed by atoms with Crippen LogP contribution in [0.25, 0.3) is 0 Å². The van der Waals surface area contributed by atoms with E-state index in [1.54, 1.807) is 16.4 Å². The van der Waals surface area contributed by atoms with E-state index in [4.69, 9.17) is 18.0 Å². The fraction of sp³-hybridized carbons (Fsp3) is 0.583. The summed E-state index contributed by atoms with van der Waals surface area (Å²) in [5, 5.41) is 0. The Bertz CT molecular complexity index is 595. The molecule has 1 atom stereocenters. The van der Waals surface area contributed by atoms with Crippen LogP contribution in [0.3, 0.4) is 0 Å². The molecule has 0 saturated carbocycles. The van der Waals surface area contributed by atoms with Crippen LogP contribution in [0, 0.1) is 0 Å². The number of likely N-dealkylation sites (N-methyl/N-ethyl adjacent to an activating group) is 1. The van der Waals surface area contributed by atoms with Crippen molar-refractivity contribution in [1.82, 2.24) is 9.21 Å². The second-order valence-corrected chi connectivity index (χ2v) is 8.80. The first-order valence-electron chi connectivity index (χ1n) is 6.38. The first-order chi connectivity index (χ1) is 9.32. The minimum absolute atomic E-state index is 0.0466. The summed E-state index contributed by atoms with van der Waals surface area (Å²) in [5.74, 6) is 0. The highest BCUT2D eigenvalue weighted by molar-refractivity contribution is 7.91. The fourth-order valence-electron chi connectivity index (χ4n) is 2.44. The lowest BCUT2D eigenvalue weighted by Crippen LogP contribution is -2.40. The van der Waals surface area contributed by atoms with E-state index >= 15 is 0 Å². The molecule has 0 radical (unpaired) electrons. The van der Waals surface area contributed by atoms with E-state index in [-0.39, 0.29) is 11.0 Å². The Labute approximate surface area is 129 Å². The van der Waals surface area contributed by atoms with Gasteiger partial charge in [-0.05, 0) is 39.1 Å². The summed E-state index contributed by atoms with van der Waals surface area (Å²) in [6.07, 6.45) is 1.82. The van der Waals surface area contributed by atoms with Gasteiger partial charge < -0.3 is 10.6 Å². The maximum Gasteiger partial charge on any atom is 0.252 e. The molecule has 1 aliphatic heterocycles. The third kappa shape index (κ3) is 3.20. The van der Waals surface area contributed by atoms with Crippen molar-refractivity contribution in [1.29, 1.82) is 0 Å². The average molecular weight is 334 g/mol. The third-order valence-corrected chi connectivity index (χ3v) is 7.17. The van der Waals surface area contributed by atoms with Crippen LogP contribution >= 0.6 is 23.6 Å². The van der Waals surface area contributed by atoms with Crippen molar-refractivity contribution in [3.8, 4) is 0 Å². The third-order valence-electron chi connectivity index (χ3n) is 3.29. The maximum absolute atomic E-state index is 12.7. The van der Waals surface area contributed by atoms with Gasteiger partial charge in [-0.3, -0.25) is 0 Å². The molecule has 5 nitrogen and oxygen atoms in total. The zero-order valence-electron chi connectivity index (χ0n) is 11.6. The van der Waals surface area contributed by atoms with Gasteiger partial charge >= 0.3 is 0 Å². The quantitative estimate of drug-likeness (QED) is 0.817. The molecule has 1 aliphatic rings. The first kappa shape index (κ1) is 15.8. The molecule has 0 aliphatic carbocycles. The summed E-state index contributed by atoms with van der Waals surface area (Å²) in [5.41, 5.74) is 5.54. The SMILES string of the molecule is CN(C)CC1CCCN1S(=O)(=O)c1ccc(C(N)=S)s1. The smallest absolute Gasteiger partial charge is 0.252 e. The van der Waals surface area contributed by atoms with Gasteiger partial charge in [0, 0.05) is 19.1 Å². The fourth-order valence-corrected chi connectivity index (χ4v) is 5.60. The molecule has 1 saturated heterocycles. The molecule has 2 heterocycles. The molecule has 0 aromatic carbocycles. The number of thiophene rings is 1. The van der Waals surface area contributed by atoms with Gasteiger partial charge in [-0.25, -0.2) is 8.42 Å². The van der Waals surface area contributed by atoms with Crippen LogP contribution in [0.5, 0.6) is 0 Å². The highest BCUT2D eigenvalue weighted by Gasteiger charge is 2.36. The van der Waals surface area contributed by atoms with Crippen molar-refractivity contribution in [3.05, 3.63) is 17.0 Å². The highest BCUT2D eigenvalue weighted by atomic mass is 32.2. The Morgan fingerprint density at radius 1 is 1.55 bits per heavy atom. The van der Waals surface area contributed by atoms with E-state index in [2.05, 4.69) is 0 Å². The predicted octanol–water partition coefficient (Wildman–Crippen LogP) is 1.10. The molecule has 8 heteroatoms. The first-order valence-corrected chi connectivity index (χ1v) is 9.05. The predicted molar refractivity (Wildman–Crippen MR) is 85.7 cm³/mol. The minimum Gasteiger partial charge on any atom is -0.389 e. The van der Waals surface area contributed by atoms with Gasteiger partial charge in [0.2, 0.25) is 0 Å². The lowest BCUT2D eigenvalue weighted by Gasteiger charge is -2.25. The largest absolute Gasteiger partial charge is 0.389 e. The summed E-state index contributed by atoms with van der Waals surface area (Å²) in [6.45, 7) is 1.33.